The molecular weight excluding hydrogens is 236 g/mol. The van der Waals surface area contributed by atoms with Crippen LogP contribution in [0.25, 0.3) is 0 Å². The molecule has 108 valence electrons. The average molecular weight is 264 g/mol. The number of rotatable bonds is 7. The molecule has 1 aromatic rings. The molecule has 0 aliphatic heterocycles. The summed E-state index contributed by atoms with van der Waals surface area (Å²) in [7, 11) is 4.19. The van der Waals surface area contributed by atoms with Gasteiger partial charge in [-0.1, -0.05) is 19.9 Å². The van der Waals surface area contributed by atoms with Crippen LogP contribution in [0.15, 0.2) is 18.3 Å². The molecular formula is C15H28N4. The number of hydrogen-bond acceptors (Lipinski definition) is 4. The third kappa shape index (κ3) is 5.57. The molecule has 1 heterocycles. The minimum absolute atomic E-state index is 0.0434. The molecule has 1 unspecified atom stereocenters. The Labute approximate surface area is 117 Å². The van der Waals surface area contributed by atoms with Crippen molar-refractivity contribution >= 4 is 5.82 Å². The molecule has 0 aromatic carbocycles. The maximum Gasteiger partial charge on any atom is 0.128 e. The van der Waals surface area contributed by atoms with Gasteiger partial charge in [-0.2, -0.15) is 0 Å². The van der Waals surface area contributed by atoms with Gasteiger partial charge >= 0.3 is 0 Å². The summed E-state index contributed by atoms with van der Waals surface area (Å²) in [6.07, 6.45) is 1.89. The van der Waals surface area contributed by atoms with Crippen LogP contribution in [-0.2, 0) is 0 Å². The summed E-state index contributed by atoms with van der Waals surface area (Å²) in [5, 5.41) is 0. The molecule has 1 atom stereocenters. The molecule has 0 aliphatic carbocycles. The predicted octanol–water partition coefficient (Wildman–Crippen LogP) is 2.13. The number of anilines is 1. The van der Waals surface area contributed by atoms with E-state index < -0.39 is 0 Å². The monoisotopic (exact) mass is 264 g/mol. The molecule has 0 spiro atoms. The molecule has 0 bridgehead atoms. The fraction of sp³-hybridized carbons (Fsp3) is 0.667. The van der Waals surface area contributed by atoms with Crippen molar-refractivity contribution < 1.29 is 0 Å². The summed E-state index contributed by atoms with van der Waals surface area (Å²) in [5.74, 6) is 1.66. The zero-order valence-corrected chi connectivity index (χ0v) is 12.9. The van der Waals surface area contributed by atoms with Crippen LogP contribution < -0.4 is 10.6 Å². The van der Waals surface area contributed by atoms with Crippen molar-refractivity contribution in [1.82, 2.24) is 9.88 Å². The number of pyridine rings is 1. The van der Waals surface area contributed by atoms with E-state index in [0.717, 1.165) is 31.0 Å². The van der Waals surface area contributed by atoms with Gasteiger partial charge in [-0.05, 0) is 38.6 Å². The van der Waals surface area contributed by atoms with Crippen molar-refractivity contribution in [3.05, 3.63) is 23.9 Å². The van der Waals surface area contributed by atoms with E-state index in [9.17, 15) is 0 Å². The van der Waals surface area contributed by atoms with E-state index in [4.69, 9.17) is 5.73 Å². The lowest BCUT2D eigenvalue weighted by atomic mass is 10.1. The number of likely N-dealkylation sites (N-methyl/N-ethyl adjacent to an activating group) is 1. The molecule has 0 radical (unpaired) electrons. The van der Waals surface area contributed by atoms with Gasteiger partial charge in [0.2, 0.25) is 0 Å². The van der Waals surface area contributed by atoms with E-state index in [2.05, 4.69) is 54.9 Å². The summed E-state index contributed by atoms with van der Waals surface area (Å²) >= 11 is 0. The van der Waals surface area contributed by atoms with Gasteiger partial charge in [0.15, 0.2) is 0 Å². The Balaban J connectivity index is 2.77. The van der Waals surface area contributed by atoms with Gasteiger partial charge < -0.3 is 15.5 Å². The molecule has 4 nitrogen and oxygen atoms in total. The minimum Gasteiger partial charge on any atom is -0.355 e. The molecule has 0 saturated heterocycles. The normalized spacial score (nSPS) is 13.1. The second-order valence-corrected chi connectivity index (χ2v) is 5.88. The highest BCUT2D eigenvalue weighted by Gasteiger charge is 2.10. The number of hydrogen-bond donors (Lipinski definition) is 1. The minimum atomic E-state index is 0.0434. The molecule has 1 aromatic heterocycles. The Morgan fingerprint density at radius 1 is 1.16 bits per heavy atom. The van der Waals surface area contributed by atoms with Gasteiger partial charge in [-0.3, -0.25) is 0 Å². The number of nitrogens with two attached hydrogens (primary N) is 1. The third-order valence-corrected chi connectivity index (χ3v) is 3.02. The predicted molar refractivity (Wildman–Crippen MR) is 82.4 cm³/mol. The fourth-order valence-electron chi connectivity index (χ4n) is 1.91. The van der Waals surface area contributed by atoms with E-state index in [-0.39, 0.29) is 6.04 Å². The van der Waals surface area contributed by atoms with Crippen molar-refractivity contribution in [2.75, 3.05) is 38.6 Å². The Morgan fingerprint density at radius 3 is 2.26 bits per heavy atom. The second-order valence-electron chi connectivity index (χ2n) is 5.88. The molecule has 0 amide bonds. The Morgan fingerprint density at radius 2 is 1.84 bits per heavy atom. The summed E-state index contributed by atoms with van der Waals surface area (Å²) < 4.78 is 0. The van der Waals surface area contributed by atoms with Crippen LogP contribution in [0.4, 0.5) is 5.82 Å². The highest BCUT2D eigenvalue weighted by atomic mass is 15.2. The van der Waals surface area contributed by atoms with Gasteiger partial charge in [-0.25, -0.2) is 4.98 Å². The Hall–Kier alpha value is -1.13. The SMILES string of the molecule is CC(C)CN(CCN(C)C)c1ccc(C(C)N)cn1. The van der Waals surface area contributed by atoms with E-state index in [1.165, 1.54) is 0 Å². The van der Waals surface area contributed by atoms with Crippen LogP contribution in [0.1, 0.15) is 32.4 Å². The van der Waals surface area contributed by atoms with Gasteiger partial charge in [-0.15, -0.1) is 0 Å². The first-order valence-electron chi connectivity index (χ1n) is 7.01. The first kappa shape index (κ1) is 15.9. The molecule has 0 aliphatic rings. The fourth-order valence-corrected chi connectivity index (χ4v) is 1.91. The lowest BCUT2D eigenvalue weighted by Crippen LogP contribution is -2.35. The molecule has 4 heteroatoms. The highest BCUT2D eigenvalue weighted by Crippen LogP contribution is 2.16. The summed E-state index contributed by atoms with van der Waals surface area (Å²) in [4.78, 5) is 9.10. The Bertz CT molecular complexity index is 357. The maximum absolute atomic E-state index is 5.86. The quantitative estimate of drug-likeness (QED) is 0.819. The summed E-state index contributed by atoms with van der Waals surface area (Å²) in [5.41, 5.74) is 6.94. The molecule has 0 fully saturated rings. The second kappa shape index (κ2) is 7.46. The van der Waals surface area contributed by atoms with E-state index >= 15 is 0 Å². The van der Waals surface area contributed by atoms with E-state index in [1.807, 2.05) is 13.1 Å². The first-order chi connectivity index (χ1) is 8.90. The van der Waals surface area contributed by atoms with Crippen molar-refractivity contribution in [3.8, 4) is 0 Å². The van der Waals surface area contributed by atoms with Crippen LogP contribution in [0.3, 0.4) is 0 Å². The highest BCUT2D eigenvalue weighted by molar-refractivity contribution is 5.39. The van der Waals surface area contributed by atoms with Crippen LogP contribution in [0.5, 0.6) is 0 Å². The smallest absolute Gasteiger partial charge is 0.128 e. The average Bonchev–Trinajstić information content (AvgIpc) is 2.34. The standard InChI is InChI=1S/C15H28N4/c1-12(2)11-19(9-8-18(4)5)15-7-6-14(10-17-15)13(3)16/h6-7,10,12-13H,8-9,11,16H2,1-5H3. The number of aromatic nitrogens is 1. The van der Waals surface area contributed by atoms with E-state index in [0.29, 0.717) is 5.92 Å². The van der Waals surface area contributed by atoms with E-state index in [1.54, 1.807) is 0 Å². The van der Waals surface area contributed by atoms with Crippen molar-refractivity contribution in [1.29, 1.82) is 0 Å². The van der Waals surface area contributed by atoms with Gasteiger partial charge in [0.25, 0.3) is 0 Å². The third-order valence-electron chi connectivity index (χ3n) is 3.02. The van der Waals surface area contributed by atoms with Crippen molar-refractivity contribution in [2.24, 2.45) is 11.7 Å². The van der Waals surface area contributed by atoms with Crippen molar-refractivity contribution in [2.45, 2.75) is 26.8 Å². The van der Waals surface area contributed by atoms with Gasteiger partial charge in [0.1, 0.15) is 5.82 Å². The van der Waals surface area contributed by atoms with Crippen LogP contribution in [0, 0.1) is 5.92 Å². The van der Waals surface area contributed by atoms with Crippen molar-refractivity contribution in [3.63, 3.8) is 0 Å². The molecule has 2 N–H and O–H groups in total. The van der Waals surface area contributed by atoms with Gasteiger partial charge in [0.05, 0.1) is 0 Å². The van der Waals surface area contributed by atoms with Gasteiger partial charge in [0, 0.05) is 31.9 Å². The molecule has 0 saturated carbocycles. The Kier molecular flexibility index (Phi) is 6.25. The lowest BCUT2D eigenvalue weighted by molar-refractivity contribution is 0.408. The zero-order valence-electron chi connectivity index (χ0n) is 12.9. The maximum atomic E-state index is 5.86. The zero-order chi connectivity index (χ0) is 14.4. The largest absolute Gasteiger partial charge is 0.355 e. The van der Waals surface area contributed by atoms with Crippen LogP contribution in [0.2, 0.25) is 0 Å². The van der Waals surface area contributed by atoms with Crippen LogP contribution in [-0.4, -0.2) is 43.6 Å². The number of nitrogens with zero attached hydrogens (tertiary/aromatic N) is 3. The topological polar surface area (TPSA) is 45.4 Å². The summed E-state index contributed by atoms with van der Waals surface area (Å²) in [6.45, 7) is 9.50. The first-order valence-corrected chi connectivity index (χ1v) is 7.01. The molecule has 19 heavy (non-hydrogen) atoms. The molecule has 1 rings (SSSR count). The lowest BCUT2D eigenvalue weighted by Gasteiger charge is -2.27. The summed E-state index contributed by atoms with van der Waals surface area (Å²) in [6, 6.07) is 4.20. The van der Waals surface area contributed by atoms with Crippen LogP contribution >= 0.6 is 0 Å².